The monoisotopic (exact) mass is 200 g/mol. The van der Waals surface area contributed by atoms with E-state index in [0.29, 0.717) is 12.5 Å². The fourth-order valence-corrected chi connectivity index (χ4v) is 1.43. The molecule has 82 valence electrons. The predicted molar refractivity (Wildman–Crippen MR) is 54.7 cm³/mol. The number of hydrogen-bond acceptors (Lipinski definition) is 2. The Labute approximate surface area is 85.6 Å². The van der Waals surface area contributed by atoms with Crippen molar-refractivity contribution in [3.05, 3.63) is 0 Å². The first-order valence-electron chi connectivity index (χ1n) is 5.37. The third-order valence-electron chi connectivity index (χ3n) is 2.22. The zero-order valence-electron chi connectivity index (χ0n) is 9.08. The standard InChI is InChI=1S/C10H20N2O2/c1-9(2)8-14-11-10(13)12-6-4-3-5-7-12/h9H,3-8H2,1-2H3,(H,11,13). The molecular weight excluding hydrogens is 180 g/mol. The smallest absolute Gasteiger partial charge is 0.323 e. The number of carbonyl (C=O) groups is 1. The van der Waals surface area contributed by atoms with Crippen molar-refractivity contribution in [2.75, 3.05) is 19.7 Å². The maximum atomic E-state index is 11.5. The number of carbonyl (C=O) groups excluding carboxylic acids is 1. The molecule has 0 atom stereocenters. The highest BCUT2D eigenvalue weighted by atomic mass is 16.7. The molecule has 0 bridgehead atoms. The second-order valence-electron chi connectivity index (χ2n) is 4.16. The fraction of sp³-hybridized carbons (Fsp3) is 0.900. The van der Waals surface area contributed by atoms with Gasteiger partial charge in [-0.25, -0.2) is 10.3 Å². The Morgan fingerprint density at radius 2 is 2.00 bits per heavy atom. The summed E-state index contributed by atoms with van der Waals surface area (Å²) < 4.78 is 0. The largest absolute Gasteiger partial charge is 0.341 e. The van der Waals surface area contributed by atoms with Crippen LogP contribution in [0.25, 0.3) is 0 Å². The van der Waals surface area contributed by atoms with Crippen molar-refractivity contribution in [3.8, 4) is 0 Å². The molecule has 1 saturated heterocycles. The third kappa shape index (κ3) is 3.96. The van der Waals surface area contributed by atoms with Gasteiger partial charge >= 0.3 is 6.03 Å². The Bertz CT molecular complexity index is 177. The molecule has 1 aliphatic rings. The molecule has 4 nitrogen and oxygen atoms in total. The minimum atomic E-state index is -0.0923. The lowest BCUT2D eigenvalue weighted by Gasteiger charge is -2.26. The number of rotatable bonds is 3. The van der Waals surface area contributed by atoms with Gasteiger partial charge in [-0.3, -0.25) is 4.84 Å². The quantitative estimate of drug-likeness (QED) is 0.705. The van der Waals surface area contributed by atoms with Gasteiger partial charge in [-0.2, -0.15) is 0 Å². The summed E-state index contributed by atoms with van der Waals surface area (Å²) in [6.07, 6.45) is 3.45. The summed E-state index contributed by atoms with van der Waals surface area (Å²) in [5.74, 6) is 0.441. The van der Waals surface area contributed by atoms with Gasteiger partial charge < -0.3 is 4.90 Å². The lowest BCUT2D eigenvalue weighted by Crippen LogP contribution is -2.43. The summed E-state index contributed by atoms with van der Waals surface area (Å²) in [6, 6.07) is -0.0923. The number of nitrogens with one attached hydrogen (secondary N) is 1. The molecule has 0 spiro atoms. The highest BCUT2D eigenvalue weighted by molar-refractivity contribution is 5.73. The normalized spacial score (nSPS) is 17.2. The highest BCUT2D eigenvalue weighted by Gasteiger charge is 2.15. The number of urea groups is 1. The third-order valence-corrected chi connectivity index (χ3v) is 2.22. The molecule has 1 aliphatic heterocycles. The zero-order chi connectivity index (χ0) is 10.4. The Balaban J connectivity index is 2.13. The van der Waals surface area contributed by atoms with Crippen LogP contribution in [0, 0.1) is 5.92 Å². The van der Waals surface area contributed by atoms with Crippen LogP contribution in [-0.2, 0) is 4.84 Å². The zero-order valence-corrected chi connectivity index (χ0v) is 9.08. The van der Waals surface area contributed by atoms with E-state index >= 15 is 0 Å². The Morgan fingerprint density at radius 1 is 1.36 bits per heavy atom. The van der Waals surface area contributed by atoms with Crippen LogP contribution in [-0.4, -0.2) is 30.6 Å². The number of likely N-dealkylation sites (tertiary alicyclic amines) is 1. The van der Waals surface area contributed by atoms with Gasteiger partial charge in [0.25, 0.3) is 0 Å². The van der Waals surface area contributed by atoms with Gasteiger partial charge in [0.2, 0.25) is 0 Å². The van der Waals surface area contributed by atoms with Crippen LogP contribution in [0.2, 0.25) is 0 Å². The van der Waals surface area contributed by atoms with Gasteiger partial charge in [-0.1, -0.05) is 13.8 Å². The van der Waals surface area contributed by atoms with Crippen LogP contribution in [0.5, 0.6) is 0 Å². The molecule has 0 aromatic heterocycles. The molecule has 0 radical (unpaired) electrons. The second kappa shape index (κ2) is 5.86. The molecule has 0 unspecified atom stereocenters. The lowest BCUT2D eigenvalue weighted by atomic mass is 10.1. The van der Waals surface area contributed by atoms with Crippen LogP contribution in [0.15, 0.2) is 0 Å². The molecule has 1 heterocycles. The number of nitrogens with zero attached hydrogens (tertiary/aromatic N) is 1. The Morgan fingerprint density at radius 3 is 2.57 bits per heavy atom. The second-order valence-corrected chi connectivity index (χ2v) is 4.16. The van der Waals surface area contributed by atoms with Gasteiger partial charge in [0.15, 0.2) is 0 Å². The topological polar surface area (TPSA) is 41.6 Å². The summed E-state index contributed by atoms with van der Waals surface area (Å²) in [4.78, 5) is 18.3. The Hall–Kier alpha value is -0.770. The highest BCUT2D eigenvalue weighted by Crippen LogP contribution is 2.08. The van der Waals surface area contributed by atoms with Crippen molar-refractivity contribution < 1.29 is 9.63 Å². The number of amides is 2. The van der Waals surface area contributed by atoms with Crippen molar-refractivity contribution >= 4 is 6.03 Å². The number of piperidine rings is 1. The van der Waals surface area contributed by atoms with E-state index in [9.17, 15) is 4.79 Å². The van der Waals surface area contributed by atoms with E-state index in [2.05, 4.69) is 5.48 Å². The van der Waals surface area contributed by atoms with E-state index in [1.165, 1.54) is 6.42 Å². The molecular formula is C10H20N2O2. The van der Waals surface area contributed by atoms with Gasteiger partial charge in [0, 0.05) is 13.1 Å². The average Bonchev–Trinajstić information content (AvgIpc) is 2.18. The van der Waals surface area contributed by atoms with Gasteiger partial charge in [0.1, 0.15) is 0 Å². The van der Waals surface area contributed by atoms with Crippen molar-refractivity contribution in [1.29, 1.82) is 0 Å². The number of hydroxylamine groups is 1. The van der Waals surface area contributed by atoms with E-state index in [-0.39, 0.29) is 6.03 Å². The summed E-state index contributed by atoms with van der Waals surface area (Å²) in [5, 5.41) is 0. The van der Waals surface area contributed by atoms with E-state index in [0.717, 1.165) is 25.9 Å². The molecule has 14 heavy (non-hydrogen) atoms. The van der Waals surface area contributed by atoms with Crippen LogP contribution in [0.1, 0.15) is 33.1 Å². The molecule has 0 aromatic rings. The van der Waals surface area contributed by atoms with Crippen molar-refractivity contribution in [3.63, 3.8) is 0 Å². The summed E-state index contributed by atoms with van der Waals surface area (Å²) in [7, 11) is 0. The summed E-state index contributed by atoms with van der Waals surface area (Å²) in [6.45, 7) is 6.38. The summed E-state index contributed by atoms with van der Waals surface area (Å²) >= 11 is 0. The van der Waals surface area contributed by atoms with Gasteiger partial charge in [-0.15, -0.1) is 0 Å². The van der Waals surface area contributed by atoms with Crippen molar-refractivity contribution in [2.24, 2.45) is 5.92 Å². The molecule has 4 heteroatoms. The molecule has 1 rings (SSSR count). The maximum absolute atomic E-state index is 11.5. The van der Waals surface area contributed by atoms with Crippen molar-refractivity contribution in [2.45, 2.75) is 33.1 Å². The Kier molecular flexibility index (Phi) is 4.73. The molecule has 1 N–H and O–H groups in total. The molecule has 0 aliphatic carbocycles. The van der Waals surface area contributed by atoms with Crippen molar-refractivity contribution in [1.82, 2.24) is 10.4 Å². The molecule has 2 amide bonds. The molecule has 0 saturated carbocycles. The number of hydrogen-bond donors (Lipinski definition) is 1. The van der Waals surface area contributed by atoms with Gasteiger partial charge in [0.05, 0.1) is 6.61 Å². The summed E-state index contributed by atoms with van der Waals surface area (Å²) in [5.41, 5.74) is 2.47. The fourth-order valence-electron chi connectivity index (χ4n) is 1.43. The van der Waals surface area contributed by atoms with Crippen LogP contribution < -0.4 is 5.48 Å². The van der Waals surface area contributed by atoms with Crippen LogP contribution >= 0.6 is 0 Å². The van der Waals surface area contributed by atoms with Crippen LogP contribution in [0.4, 0.5) is 4.79 Å². The molecule has 1 fully saturated rings. The van der Waals surface area contributed by atoms with Gasteiger partial charge in [-0.05, 0) is 25.2 Å². The average molecular weight is 200 g/mol. The first-order chi connectivity index (χ1) is 6.70. The minimum absolute atomic E-state index is 0.0923. The van der Waals surface area contributed by atoms with E-state index in [1.807, 2.05) is 18.7 Å². The van der Waals surface area contributed by atoms with E-state index < -0.39 is 0 Å². The maximum Gasteiger partial charge on any atom is 0.341 e. The van der Waals surface area contributed by atoms with E-state index in [1.54, 1.807) is 0 Å². The predicted octanol–water partition coefficient (Wildman–Crippen LogP) is 1.77. The minimum Gasteiger partial charge on any atom is -0.323 e. The SMILES string of the molecule is CC(C)CONC(=O)N1CCCCC1. The van der Waals surface area contributed by atoms with E-state index in [4.69, 9.17) is 4.84 Å². The first-order valence-corrected chi connectivity index (χ1v) is 5.37. The van der Waals surface area contributed by atoms with Crippen LogP contribution in [0.3, 0.4) is 0 Å². The molecule has 0 aromatic carbocycles. The lowest BCUT2D eigenvalue weighted by molar-refractivity contribution is 0.0308. The first kappa shape index (κ1) is 11.3.